The maximum atomic E-state index is 12.1. The van der Waals surface area contributed by atoms with Gasteiger partial charge in [0.05, 0.1) is 17.2 Å². The van der Waals surface area contributed by atoms with Crippen LogP contribution in [0.3, 0.4) is 0 Å². The van der Waals surface area contributed by atoms with Crippen molar-refractivity contribution in [1.29, 1.82) is 0 Å². The SMILES string of the molecule is Cn1c(CCNS(C)(=O)=O)nc2ccccc2c1=O. The smallest absolute Gasteiger partial charge is 0.261 e. The zero-order valence-electron chi connectivity index (χ0n) is 10.8. The Morgan fingerprint density at radius 2 is 2.00 bits per heavy atom. The van der Waals surface area contributed by atoms with Crippen molar-refractivity contribution in [3.8, 4) is 0 Å². The van der Waals surface area contributed by atoms with Crippen molar-refractivity contribution in [3.63, 3.8) is 0 Å². The molecule has 19 heavy (non-hydrogen) atoms. The third-order valence-electron chi connectivity index (χ3n) is 2.79. The van der Waals surface area contributed by atoms with Gasteiger partial charge in [-0.25, -0.2) is 18.1 Å². The summed E-state index contributed by atoms with van der Waals surface area (Å²) in [5, 5.41) is 0.560. The Kier molecular flexibility index (Phi) is 3.68. The van der Waals surface area contributed by atoms with Crippen LogP contribution in [0, 0.1) is 0 Å². The van der Waals surface area contributed by atoms with E-state index < -0.39 is 10.0 Å². The average Bonchev–Trinajstić information content (AvgIpc) is 2.34. The number of hydrogen-bond donors (Lipinski definition) is 1. The van der Waals surface area contributed by atoms with Crippen molar-refractivity contribution in [3.05, 3.63) is 40.4 Å². The second-order valence-corrected chi connectivity index (χ2v) is 6.16. The van der Waals surface area contributed by atoms with Crippen molar-refractivity contribution in [2.45, 2.75) is 6.42 Å². The van der Waals surface area contributed by atoms with Crippen LogP contribution in [0.15, 0.2) is 29.1 Å². The van der Waals surface area contributed by atoms with Gasteiger partial charge in [-0.1, -0.05) is 12.1 Å². The molecular weight excluding hydrogens is 266 g/mol. The predicted molar refractivity (Wildman–Crippen MR) is 73.5 cm³/mol. The van der Waals surface area contributed by atoms with Crippen LogP contribution in [0.25, 0.3) is 10.9 Å². The fourth-order valence-corrected chi connectivity index (χ4v) is 2.31. The highest BCUT2D eigenvalue weighted by atomic mass is 32.2. The third-order valence-corrected chi connectivity index (χ3v) is 3.52. The maximum Gasteiger partial charge on any atom is 0.261 e. The zero-order valence-corrected chi connectivity index (χ0v) is 11.6. The van der Waals surface area contributed by atoms with Crippen LogP contribution >= 0.6 is 0 Å². The van der Waals surface area contributed by atoms with E-state index in [-0.39, 0.29) is 12.1 Å². The van der Waals surface area contributed by atoms with E-state index >= 15 is 0 Å². The van der Waals surface area contributed by atoms with E-state index in [0.29, 0.717) is 23.1 Å². The van der Waals surface area contributed by atoms with E-state index in [4.69, 9.17) is 0 Å². The molecule has 0 aliphatic rings. The first-order valence-electron chi connectivity index (χ1n) is 5.78. The van der Waals surface area contributed by atoms with Crippen LogP contribution in [-0.4, -0.2) is 30.8 Å². The first-order chi connectivity index (χ1) is 8.88. The number of fused-ring (bicyclic) bond motifs is 1. The van der Waals surface area contributed by atoms with Crippen LogP contribution in [0.2, 0.25) is 0 Å². The molecule has 1 aromatic carbocycles. The topological polar surface area (TPSA) is 81.1 Å². The predicted octanol–water partition coefficient (Wildman–Crippen LogP) is 0.0252. The monoisotopic (exact) mass is 281 g/mol. The first-order valence-corrected chi connectivity index (χ1v) is 7.67. The van der Waals surface area contributed by atoms with Crippen LogP contribution in [0.4, 0.5) is 0 Å². The molecule has 1 heterocycles. The molecule has 7 heteroatoms. The lowest BCUT2D eigenvalue weighted by molar-refractivity contribution is 0.585. The number of sulfonamides is 1. The fourth-order valence-electron chi connectivity index (χ4n) is 1.84. The number of aromatic nitrogens is 2. The highest BCUT2D eigenvalue weighted by Crippen LogP contribution is 2.07. The number of benzene rings is 1. The summed E-state index contributed by atoms with van der Waals surface area (Å²) >= 11 is 0. The lowest BCUT2D eigenvalue weighted by Gasteiger charge is -2.09. The quantitative estimate of drug-likeness (QED) is 0.857. The molecular formula is C12H15N3O3S. The molecule has 0 aliphatic carbocycles. The summed E-state index contributed by atoms with van der Waals surface area (Å²) in [4.78, 5) is 16.5. The molecule has 0 radical (unpaired) electrons. The molecule has 0 amide bonds. The number of nitrogens with zero attached hydrogens (tertiary/aromatic N) is 2. The summed E-state index contributed by atoms with van der Waals surface area (Å²) in [6.45, 7) is 0.220. The summed E-state index contributed by atoms with van der Waals surface area (Å²) in [6.07, 6.45) is 1.46. The van der Waals surface area contributed by atoms with Gasteiger partial charge in [0.1, 0.15) is 5.82 Å². The Labute approximate surface area is 111 Å². The molecule has 0 saturated heterocycles. The molecule has 0 spiro atoms. The van der Waals surface area contributed by atoms with E-state index in [2.05, 4.69) is 9.71 Å². The Morgan fingerprint density at radius 1 is 1.32 bits per heavy atom. The zero-order chi connectivity index (χ0) is 14.0. The highest BCUT2D eigenvalue weighted by molar-refractivity contribution is 7.88. The highest BCUT2D eigenvalue weighted by Gasteiger charge is 2.08. The van der Waals surface area contributed by atoms with Gasteiger partial charge in [0.15, 0.2) is 0 Å². The van der Waals surface area contributed by atoms with Gasteiger partial charge in [-0.2, -0.15) is 0 Å². The van der Waals surface area contributed by atoms with Gasteiger partial charge in [-0.3, -0.25) is 9.36 Å². The Bertz CT molecular complexity index is 765. The van der Waals surface area contributed by atoms with Gasteiger partial charge in [0.2, 0.25) is 10.0 Å². The number of para-hydroxylation sites is 1. The summed E-state index contributed by atoms with van der Waals surface area (Å²) in [6, 6.07) is 7.09. The minimum Gasteiger partial charge on any atom is -0.299 e. The van der Waals surface area contributed by atoms with Gasteiger partial charge >= 0.3 is 0 Å². The summed E-state index contributed by atoms with van der Waals surface area (Å²) in [7, 11) is -1.59. The fraction of sp³-hybridized carbons (Fsp3) is 0.333. The van der Waals surface area contributed by atoms with E-state index in [1.165, 1.54) is 4.57 Å². The average molecular weight is 281 g/mol. The molecule has 6 nitrogen and oxygen atoms in total. The molecule has 102 valence electrons. The standard InChI is InChI=1S/C12H15N3O3S/c1-15-11(7-8-13-19(2,17)18)14-10-6-4-3-5-9(10)12(15)16/h3-6,13H,7-8H2,1-2H3. The Balaban J connectivity index is 2.34. The van der Waals surface area contributed by atoms with Gasteiger partial charge in [-0.15, -0.1) is 0 Å². The molecule has 2 aromatic rings. The second kappa shape index (κ2) is 5.10. The Morgan fingerprint density at radius 3 is 2.68 bits per heavy atom. The van der Waals surface area contributed by atoms with Gasteiger partial charge in [0, 0.05) is 20.0 Å². The lowest BCUT2D eigenvalue weighted by Crippen LogP contribution is -2.28. The minimum absolute atomic E-state index is 0.125. The van der Waals surface area contributed by atoms with Crippen molar-refractivity contribution in [2.24, 2.45) is 7.05 Å². The Hall–Kier alpha value is -1.73. The number of nitrogens with one attached hydrogen (secondary N) is 1. The molecule has 2 rings (SSSR count). The van der Waals surface area contributed by atoms with E-state index in [0.717, 1.165) is 6.26 Å². The number of hydrogen-bond acceptors (Lipinski definition) is 4. The first kappa shape index (κ1) is 13.7. The van der Waals surface area contributed by atoms with Crippen molar-refractivity contribution in [1.82, 2.24) is 14.3 Å². The molecule has 0 aliphatic heterocycles. The van der Waals surface area contributed by atoms with Crippen molar-refractivity contribution < 1.29 is 8.42 Å². The van der Waals surface area contributed by atoms with E-state index in [1.807, 2.05) is 6.07 Å². The second-order valence-electron chi connectivity index (χ2n) is 4.33. The van der Waals surface area contributed by atoms with Crippen LogP contribution in [0.1, 0.15) is 5.82 Å². The lowest BCUT2D eigenvalue weighted by atomic mass is 10.2. The normalized spacial score (nSPS) is 11.9. The largest absolute Gasteiger partial charge is 0.299 e. The summed E-state index contributed by atoms with van der Waals surface area (Å²) in [5.41, 5.74) is 0.500. The van der Waals surface area contributed by atoms with Crippen molar-refractivity contribution >= 4 is 20.9 Å². The molecule has 0 saturated carbocycles. The minimum atomic E-state index is -3.22. The molecule has 0 fully saturated rings. The van der Waals surface area contributed by atoms with E-state index in [9.17, 15) is 13.2 Å². The molecule has 0 bridgehead atoms. The van der Waals surface area contributed by atoms with Crippen LogP contribution in [-0.2, 0) is 23.5 Å². The summed E-state index contributed by atoms with van der Waals surface area (Å²) < 4.78 is 25.8. The molecule has 1 aromatic heterocycles. The van der Waals surface area contributed by atoms with E-state index in [1.54, 1.807) is 25.2 Å². The molecule has 0 atom stereocenters. The molecule has 0 unspecified atom stereocenters. The van der Waals surface area contributed by atoms with Gasteiger partial charge < -0.3 is 0 Å². The van der Waals surface area contributed by atoms with Gasteiger partial charge in [0.25, 0.3) is 5.56 Å². The maximum absolute atomic E-state index is 12.1. The summed E-state index contributed by atoms with van der Waals surface area (Å²) in [5.74, 6) is 0.555. The molecule has 1 N–H and O–H groups in total. The van der Waals surface area contributed by atoms with Crippen molar-refractivity contribution in [2.75, 3.05) is 12.8 Å². The third kappa shape index (κ3) is 3.18. The van der Waals surface area contributed by atoms with Gasteiger partial charge in [-0.05, 0) is 12.1 Å². The van der Waals surface area contributed by atoms with Crippen LogP contribution < -0.4 is 10.3 Å². The number of rotatable bonds is 4. The van der Waals surface area contributed by atoms with Crippen LogP contribution in [0.5, 0.6) is 0 Å².